The van der Waals surface area contributed by atoms with Crippen molar-refractivity contribution in [3.63, 3.8) is 0 Å². The number of aromatic nitrogens is 3. The monoisotopic (exact) mass is 555 g/mol. The summed E-state index contributed by atoms with van der Waals surface area (Å²) < 4.78 is 15.0. The lowest BCUT2D eigenvalue weighted by atomic mass is 9.43. The molecular weight excluding hydrogens is 513 g/mol. The van der Waals surface area contributed by atoms with E-state index in [4.69, 9.17) is 25.1 Å². The maximum atomic E-state index is 13.6. The van der Waals surface area contributed by atoms with Gasteiger partial charge in [-0.2, -0.15) is 5.10 Å². The first-order valence-corrected chi connectivity index (χ1v) is 15.1. The van der Waals surface area contributed by atoms with Crippen molar-refractivity contribution in [1.29, 1.82) is 0 Å². The number of amides is 1. The molecule has 5 atom stereocenters. The summed E-state index contributed by atoms with van der Waals surface area (Å²) in [5.74, 6) is 2.11. The van der Waals surface area contributed by atoms with Crippen molar-refractivity contribution in [2.75, 3.05) is 6.54 Å². The average Bonchev–Trinajstić information content (AvgIpc) is 3.53. The molecule has 1 aliphatic heterocycles. The summed E-state index contributed by atoms with van der Waals surface area (Å²) in [5, 5.41) is 8.03. The minimum absolute atomic E-state index is 0.0601. The molecule has 3 N–H and O–H groups in total. The van der Waals surface area contributed by atoms with E-state index in [1.165, 1.54) is 6.42 Å². The van der Waals surface area contributed by atoms with E-state index >= 15 is 0 Å². The molecule has 7 rings (SSSR count). The second kappa shape index (κ2) is 11.3. The van der Waals surface area contributed by atoms with E-state index in [9.17, 15) is 4.79 Å². The van der Waals surface area contributed by atoms with Gasteiger partial charge in [-0.15, -0.1) is 0 Å². The van der Waals surface area contributed by atoms with Gasteiger partial charge < -0.3 is 20.4 Å². The molecule has 3 aromatic rings. The van der Waals surface area contributed by atoms with Gasteiger partial charge in [-0.1, -0.05) is 80.9 Å². The smallest absolute Gasteiger partial charge is 0.404 e. The minimum Gasteiger partial charge on any atom is -0.404 e. The normalized spacial score (nSPS) is 26.7. The van der Waals surface area contributed by atoms with E-state index in [2.05, 4.69) is 38.2 Å². The molecule has 4 aliphatic rings. The Balaban J connectivity index is 1.19. The lowest BCUT2D eigenvalue weighted by Gasteiger charge is -2.64. The van der Waals surface area contributed by atoms with Crippen LogP contribution in [0.1, 0.15) is 64.3 Å². The van der Waals surface area contributed by atoms with Crippen LogP contribution in [0.2, 0.25) is 0 Å². The van der Waals surface area contributed by atoms with Gasteiger partial charge in [0, 0.05) is 12.0 Å². The molecular formula is C32H42BN5O3. The summed E-state index contributed by atoms with van der Waals surface area (Å²) in [4.78, 5) is 18.4. The first-order valence-electron chi connectivity index (χ1n) is 15.1. The highest BCUT2D eigenvalue weighted by atomic mass is 16.7. The molecule has 0 spiro atoms. The van der Waals surface area contributed by atoms with Crippen LogP contribution in [0.4, 0.5) is 0 Å². The number of benzene rings is 2. The van der Waals surface area contributed by atoms with E-state index in [1.54, 1.807) is 4.68 Å². The summed E-state index contributed by atoms with van der Waals surface area (Å²) in [6, 6.07) is 20.0. The number of hydrogen-bond acceptors (Lipinski definition) is 6. The third-order valence-electron chi connectivity index (χ3n) is 9.86. The van der Waals surface area contributed by atoms with Crippen LogP contribution in [0.5, 0.6) is 0 Å². The SMILES string of the molecule is CC1(C)C2CC3OB(C(CCCCN)NC(=O)Cn4nc(Cc5ccccc5)nc4-c4ccccc4)OC3(C)C1C2. The molecule has 9 heteroatoms. The Kier molecular flexibility index (Phi) is 7.78. The van der Waals surface area contributed by atoms with Crippen molar-refractivity contribution in [3.05, 3.63) is 72.1 Å². The summed E-state index contributed by atoms with van der Waals surface area (Å²) >= 11 is 0. The Morgan fingerprint density at radius 2 is 1.83 bits per heavy atom. The summed E-state index contributed by atoms with van der Waals surface area (Å²) in [5.41, 5.74) is 7.79. The van der Waals surface area contributed by atoms with Crippen LogP contribution in [0.25, 0.3) is 11.4 Å². The first-order chi connectivity index (χ1) is 19.8. The number of unbranched alkanes of at least 4 members (excludes halogenated alkanes) is 1. The van der Waals surface area contributed by atoms with E-state index in [0.29, 0.717) is 36.5 Å². The fourth-order valence-corrected chi connectivity index (χ4v) is 7.40. The largest absolute Gasteiger partial charge is 0.481 e. The molecule has 2 aromatic carbocycles. The Bertz CT molecular complexity index is 1350. The molecule has 1 saturated heterocycles. The fraction of sp³-hybridized carbons (Fsp3) is 0.531. The molecule has 4 fully saturated rings. The third-order valence-corrected chi connectivity index (χ3v) is 9.86. The van der Waals surface area contributed by atoms with E-state index in [0.717, 1.165) is 36.8 Å². The minimum atomic E-state index is -0.472. The molecule has 3 saturated carbocycles. The number of carbonyl (C=O) groups excluding carboxylic acids is 1. The number of hydrogen-bond donors (Lipinski definition) is 2. The summed E-state index contributed by atoms with van der Waals surface area (Å²) in [6.45, 7) is 7.62. The highest BCUT2D eigenvalue weighted by Gasteiger charge is 2.68. The second-order valence-electron chi connectivity index (χ2n) is 12.8. The zero-order valence-electron chi connectivity index (χ0n) is 24.5. The molecule has 3 aliphatic carbocycles. The van der Waals surface area contributed by atoms with Gasteiger partial charge in [0.15, 0.2) is 11.6 Å². The van der Waals surface area contributed by atoms with E-state index in [-0.39, 0.29) is 35.5 Å². The van der Waals surface area contributed by atoms with Gasteiger partial charge >= 0.3 is 7.12 Å². The van der Waals surface area contributed by atoms with Crippen molar-refractivity contribution >= 4 is 13.0 Å². The van der Waals surface area contributed by atoms with Gasteiger partial charge in [0.25, 0.3) is 0 Å². The van der Waals surface area contributed by atoms with Crippen molar-refractivity contribution < 1.29 is 14.1 Å². The fourth-order valence-electron chi connectivity index (χ4n) is 7.40. The van der Waals surface area contributed by atoms with Gasteiger partial charge in [-0.05, 0) is 62.0 Å². The molecule has 8 nitrogen and oxygen atoms in total. The topological polar surface area (TPSA) is 104 Å². The van der Waals surface area contributed by atoms with Gasteiger partial charge in [0.2, 0.25) is 5.91 Å². The van der Waals surface area contributed by atoms with E-state index < -0.39 is 7.12 Å². The number of nitrogens with one attached hydrogen (secondary N) is 1. The van der Waals surface area contributed by atoms with Crippen LogP contribution in [-0.4, -0.2) is 52.0 Å². The second-order valence-corrected chi connectivity index (χ2v) is 12.8. The van der Waals surface area contributed by atoms with Crippen molar-refractivity contribution in [3.8, 4) is 11.4 Å². The van der Waals surface area contributed by atoms with Crippen LogP contribution in [0.15, 0.2) is 60.7 Å². The van der Waals surface area contributed by atoms with Gasteiger partial charge in [-0.3, -0.25) is 4.79 Å². The Hall–Kier alpha value is -3.01. The van der Waals surface area contributed by atoms with Crippen molar-refractivity contribution in [2.24, 2.45) is 23.0 Å². The average molecular weight is 556 g/mol. The highest BCUT2D eigenvalue weighted by Crippen LogP contribution is 2.65. The zero-order valence-corrected chi connectivity index (χ0v) is 24.5. The van der Waals surface area contributed by atoms with Crippen LogP contribution < -0.4 is 11.1 Å². The molecule has 2 bridgehead atoms. The van der Waals surface area contributed by atoms with Gasteiger partial charge in [0.05, 0.1) is 17.6 Å². The first kappa shape index (κ1) is 28.1. The lowest BCUT2D eigenvalue weighted by Crippen LogP contribution is -2.65. The number of carbonyl (C=O) groups is 1. The molecule has 0 radical (unpaired) electrons. The van der Waals surface area contributed by atoms with Gasteiger partial charge in [-0.25, -0.2) is 9.67 Å². The Morgan fingerprint density at radius 3 is 2.54 bits per heavy atom. The number of nitrogens with two attached hydrogens (primary N) is 1. The maximum Gasteiger partial charge on any atom is 0.481 e. The molecule has 1 amide bonds. The lowest BCUT2D eigenvalue weighted by molar-refractivity contribution is -0.199. The molecule has 216 valence electrons. The number of rotatable bonds is 11. The summed E-state index contributed by atoms with van der Waals surface area (Å²) in [6.07, 6.45) is 5.41. The Labute approximate surface area is 243 Å². The van der Waals surface area contributed by atoms with Crippen LogP contribution in [-0.2, 0) is 27.1 Å². The predicted molar refractivity (Wildman–Crippen MR) is 160 cm³/mol. The van der Waals surface area contributed by atoms with Crippen LogP contribution >= 0.6 is 0 Å². The summed E-state index contributed by atoms with van der Waals surface area (Å²) in [7, 11) is -0.472. The maximum absolute atomic E-state index is 13.6. The van der Waals surface area contributed by atoms with Crippen LogP contribution in [0, 0.1) is 17.3 Å². The number of nitrogens with zero attached hydrogens (tertiary/aromatic N) is 3. The molecule has 41 heavy (non-hydrogen) atoms. The van der Waals surface area contributed by atoms with Crippen LogP contribution in [0.3, 0.4) is 0 Å². The predicted octanol–water partition coefficient (Wildman–Crippen LogP) is 4.42. The quantitative estimate of drug-likeness (QED) is 0.268. The van der Waals surface area contributed by atoms with Crippen molar-refractivity contribution in [1.82, 2.24) is 20.1 Å². The van der Waals surface area contributed by atoms with E-state index in [1.807, 2.05) is 48.5 Å². The molecule has 1 aromatic heterocycles. The molecule has 2 heterocycles. The molecule has 5 unspecified atom stereocenters. The highest BCUT2D eigenvalue weighted by molar-refractivity contribution is 6.47. The van der Waals surface area contributed by atoms with Crippen molar-refractivity contribution in [2.45, 2.75) is 83.5 Å². The standard InChI is InChI=1S/C32H42BN5O3/c1-31(2)24-19-25(31)32(3)26(20-24)40-33(41-32)27(16-10-11-17-34)35-29(39)21-38-30(23-14-8-5-9-15-23)36-28(37-38)18-22-12-6-4-7-13-22/h4-9,12-15,24-27H,10-11,16-21,34H2,1-3H3,(H,35,39). The third kappa shape index (κ3) is 5.47. The Morgan fingerprint density at radius 1 is 1.10 bits per heavy atom. The zero-order chi connectivity index (χ0) is 28.6. The van der Waals surface area contributed by atoms with Gasteiger partial charge in [0.1, 0.15) is 6.54 Å².